The minimum atomic E-state index is -0.264. The summed E-state index contributed by atoms with van der Waals surface area (Å²) in [5.41, 5.74) is 0. The first-order valence-corrected chi connectivity index (χ1v) is 9.21. The van der Waals surface area contributed by atoms with Gasteiger partial charge in [-0.1, -0.05) is 6.07 Å². The lowest BCUT2D eigenvalue weighted by molar-refractivity contribution is -0.135. The van der Waals surface area contributed by atoms with Crippen LogP contribution in [-0.2, 0) is 9.53 Å². The number of hydrogen-bond donors (Lipinski definition) is 0. The number of thiophene rings is 1. The predicted molar refractivity (Wildman–Crippen MR) is 99.6 cm³/mol. The summed E-state index contributed by atoms with van der Waals surface area (Å²) in [6, 6.07) is 5.56. The molecule has 0 N–H and O–H groups in total. The van der Waals surface area contributed by atoms with Crippen molar-refractivity contribution in [2.45, 2.75) is 13.0 Å². The Morgan fingerprint density at radius 3 is 3.16 bits per heavy atom. The van der Waals surface area contributed by atoms with Crippen molar-refractivity contribution in [3.05, 3.63) is 46.6 Å². The van der Waals surface area contributed by atoms with E-state index in [1.165, 1.54) is 0 Å². The Morgan fingerprint density at radius 1 is 1.52 bits per heavy atom. The van der Waals surface area contributed by atoms with Crippen LogP contribution in [0.25, 0.3) is 6.08 Å². The van der Waals surface area contributed by atoms with E-state index < -0.39 is 0 Å². The number of amides is 1. The second-order valence-electron chi connectivity index (χ2n) is 5.76. The van der Waals surface area contributed by atoms with Gasteiger partial charge < -0.3 is 14.5 Å². The maximum absolute atomic E-state index is 12.7. The van der Waals surface area contributed by atoms with E-state index in [9.17, 15) is 4.79 Å². The van der Waals surface area contributed by atoms with Crippen LogP contribution < -0.4 is 4.90 Å². The van der Waals surface area contributed by atoms with Gasteiger partial charge in [0.15, 0.2) is 5.82 Å². The quantitative estimate of drug-likeness (QED) is 0.769. The molecule has 0 aliphatic carbocycles. The molecule has 1 atom stereocenters. The Bertz CT molecular complexity index is 732. The molecule has 1 aliphatic rings. The number of carbonyl (C=O) groups excluding carboxylic acids is 1. The highest BCUT2D eigenvalue weighted by Gasteiger charge is 2.29. The van der Waals surface area contributed by atoms with E-state index in [0.29, 0.717) is 25.6 Å². The smallest absolute Gasteiger partial charge is 0.247 e. The molecule has 7 heteroatoms. The summed E-state index contributed by atoms with van der Waals surface area (Å²) in [6.07, 6.45) is 5.20. The minimum Gasteiger partial charge on any atom is -0.377 e. The molecule has 2 aromatic heterocycles. The molecule has 0 bridgehead atoms. The van der Waals surface area contributed by atoms with Crippen molar-refractivity contribution in [3.63, 3.8) is 0 Å². The van der Waals surface area contributed by atoms with Crippen molar-refractivity contribution in [1.82, 2.24) is 14.9 Å². The molecule has 132 valence electrons. The largest absolute Gasteiger partial charge is 0.377 e. The van der Waals surface area contributed by atoms with Gasteiger partial charge in [-0.3, -0.25) is 4.79 Å². The van der Waals surface area contributed by atoms with Gasteiger partial charge in [-0.2, -0.15) is 0 Å². The summed E-state index contributed by atoms with van der Waals surface area (Å²) in [7, 11) is 1.98. The number of morpholine rings is 1. The van der Waals surface area contributed by atoms with Gasteiger partial charge >= 0.3 is 0 Å². The first kappa shape index (κ1) is 17.6. The van der Waals surface area contributed by atoms with E-state index in [-0.39, 0.29) is 11.9 Å². The maximum Gasteiger partial charge on any atom is 0.247 e. The molecule has 3 heterocycles. The van der Waals surface area contributed by atoms with Crippen LogP contribution in [0.2, 0.25) is 0 Å². The van der Waals surface area contributed by atoms with Gasteiger partial charge in [-0.05, 0) is 30.5 Å². The normalized spacial score (nSPS) is 17.8. The Kier molecular flexibility index (Phi) is 5.78. The van der Waals surface area contributed by atoms with Crippen LogP contribution in [0.1, 0.15) is 23.7 Å². The van der Waals surface area contributed by atoms with E-state index in [0.717, 1.165) is 17.2 Å². The van der Waals surface area contributed by atoms with Crippen molar-refractivity contribution < 1.29 is 9.53 Å². The molecule has 25 heavy (non-hydrogen) atoms. The molecular weight excluding hydrogens is 336 g/mol. The third kappa shape index (κ3) is 4.24. The third-order valence-electron chi connectivity index (χ3n) is 4.17. The lowest BCUT2D eigenvalue weighted by Crippen LogP contribution is -2.43. The molecule has 6 nitrogen and oxygen atoms in total. The van der Waals surface area contributed by atoms with Crippen LogP contribution in [0.4, 0.5) is 5.82 Å². The summed E-state index contributed by atoms with van der Waals surface area (Å²) in [6.45, 7) is 4.40. The molecular formula is C18H22N4O2S. The van der Waals surface area contributed by atoms with Crippen molar-refractivity contribution in [3.8, 4) is 0 Å². The number of ether oxygens (including phenoxy) is 1. The molecule has 1 amide bonds. The van der Waals surface area contributed by atoms with Crippen LogP contribution in [0.5, 0.6) is 0 Å². The number of anilines is 1. The van der Waals surface area contributed by atoms with Gasteiger partial charge in [0, 0.05) is 37.3 Å². The van der Waals surface area contributed by atoms with Gasteiger partial charge in [-0.25, -0.2) is 9.97 Å². The topological polar surface area (TPSA) is 58.6 Å². The summed E-state index contributed by atoms with van der Waals surface area (Å²) in [5.74, 6) is 1.43. The SMILES string of the molecule is CCN(C)c1ccnc(C2COCCN2C(=O)/C=C/c2cccs2)n1. The van der Waals surface area contributed by atoms with E-state index >= 15 is 0 Å². The van der Waals surface area contributed by atoms with Crippen molar-refractivity contribution in [1.29, 1.82) is 0 Å². The van der Waals surface area contributed by atoms with Gasteiger partial charge in [0.25, 0.3) is 0 Å². The summed E-state index contributed by atoms with van der Waals surface area (Å²) < 4.78 is 5.58. The molecule has 0 radical (unpaired) electrons. The number of rotatable bonds is 5. The summed E-state index contributed by atoms with van der Waals surface area (Å²) >= 11 is 1.60. The number of nitrogens with zero attached hydrogens (tertiary/aromatic N) is 4. The average Bonchev–Trinajstić information content (AvgIpc) is 3.19. The van der Waals surface area contributed by atoms with E-state index in [1.54, 1.807) is 28.5 Å². The third-order valence-corrected chi connectivity index (χ3v) is 5.01. The summed E-state index contributed by atoms with van der Waals surface area (Å²) in [4.78, 5) is 26.6. The molecule has 1 unspecified atom stereocenters. The molecule has 1 aliphatic heterocycles. The average molecular weight is 358 g/mol. The van der Waals surface area contributed by atoms with E-state index in [2.05, 4.69) is 16.9 Å². The summed E-state index contributed by atoms with van der Waals surface area (Å²) in [5, 5.41) is 1.99. The number of hydrogen-bond acceptors (Lipinski definition) is 6. The highest BCUT2D eigenvalue weighted by molar-refractivity contribution is 7.10. The fraction of sp³-hybridized carbons (Fsp3) is 0.389. The van der Waals surface area contributed by atoms with Gasteiger partial charge in [0.1, 0.15) is 11.9 Å². The number of aromatic nitrogens is 2. The Labute approximate surface area is 151 Å². The van der Waals surface area contributed by atoms with Gasteiger partial charge in [-0.15, -0.1) is 11.3 Å². The molecule has 2 aromatic rings. The lowest BCUT2D eigenvalue weighted by Gasteiger charge is -2.34. The molecule has 0 spiro atoms. The first-order chi connectivity index (χ1) is 12.2. The van der Waals surface area contributed by atoms with Crippen molar-refractivity contribution in [2.24, 2.45) is 0 Å². The molecule has 0 aromatic carbocycles. The zero-order valence-electron chi connectivity index (χ0n) is 14.5. The molecule has 0 saturated carbocycles. The second kappa shape index (κ2) is 8.22. The van der Waals surface area contributed by atoms with E-state index in [1.807, 2.05) is 41.6 Å². The zero-order valence-corrected chi connectivity index (χ0v) is 15.3. The van der Waals surface area contributed by atoms with Crippen LogP contribution in [0, 0.1) is 0 Å². The fourth-order valence-corrected chi connectivity index (χ4v) is 3.23. The molecule has 3 rings (SSSR count). The monoisotopic (exact) mass is 358 g/mol. The van der Waals surface area contributed by atoms with E-state index in [4.69, 9.17) is 4.74 Å². The Balaban J connectivity index is 1.80. The Morgan fingerprint density at radius 2 is 2.40 bits per heavy atom. The molecule has 1 fully saturated rings. The van der Waals surface area contributed by atoms with Crippen molar-refractivity contribution >= 4 is 29.1 Å². The van der Waals surface area contributed by atoms with Crippen LogP contribution >= 0.6 is 11.3 Å². The minimum absolute atomic E-state index is 0.0421. The highest BCUT2D eigenvalue weighted by atomic mass is 32.1. The van der Waals surface area contributed by atoms with Gasteiger partial charge in [0.05, 0.1) is 13.2 Å². The van der Waals surface area contributed by atoms with Crippen LogP contribution in [0.15, 0.2) is 35.9 Å². The maximum atomic E-state index is 12.7. The standard InChI is InChI=1S/C18H22N4O2S/c1-3-21(2)16-8-9-19-18(20-16)15-13-24-11-10-22(15)17(23)7-6-14-5-4-12-25-14/h4-9,12,15H,3,10-11,13H2,1-2H3/b7-6+. The van der Waals surface area contributed by atoms with Gasteiger partial charge in [0.2, 0.25) is 5.91 Å². The first-order valence-electron chi connectivity index (χ1n) is 8.33. The second-order valence-corrected chi connectivity index (χ2v) is 6.74. The lowest BCUT2D eigenvalue weighted by atomic mass is 10.2. The zero-order chi connectivity index (χ0) is 17.6. The highest BCUT2D eigenvalue weighted by Crippen LogP contribution is 2.23. The van der Waals surface area contributed by atoms with Crippen LogP contribution in [-0.4, -0.2) is 54.1 Å². The fourth-order valence-electron chi connectivity index (χ4n) is 2.62. The van der Waals surface area contributed by atoms with Crippen molar-refractivity contribution in [2.75, 3.05) is 38.3 Å². The molecule has 1 saturated heterocycles. The predicted octanol–water partition coefficient (Wildman–Crippen LogP) is 2.61. The number of carbonyl (C=O) groups is 1. The Hall–Kier alpha value is -2.25. The van der Waals surface area contributed by atoms with Crippen LogP contribution in [0.3, 0.4) is 0 Å².